The van der Waals surface area contributed by atoms with Crippen molar-refractivity contribution in [2.45, 2.75) is 19.8 Å². The van der Waals surface area contributed by atoms with Gasteiger partial charge in [-0.05, 0) is 36.8 Å². The van der Waals surface area contributed by atoms with E-state index in [4.69, 9.17) is 17.3 Å². The van der Waals surface area contributed by atoms with Crippen molar-refractivity contribution < 1.29 is 0 Å². The topological polar surface area (TPSA) is 29.3 Å². The fraction of sp³-hybridized carbons (Fsp3) is 0.250. The highest BCUT2D eigenvalue weighted by Crippen LogP contribution is 2.32. The van der Waals surface area contributed by atoms with Crippen molar-refractivity contribution in [3.05, 3.63) is 53.6 Å². The van der Waals surface area contributed by atoms with Crippen molar-refractivity contribution in [1.82, 2.24) is 0 Å². The van der Waals surface area contributed by atoms with Gasteiger partial charge in [0.25, 0.3) is 0 Å². The Balaban J connectivity index is 2.37. The predicted molar refractivity (Wildman–Crippen MR) is 84.2 cm³/mol. The van der Waals surface area contributed by atoms with E-state index in [1.54, 1.807) is 6.07 Å². The molecule has 0 aliphatic rings. The largest absolute Gasteiger partial charge is 0.397 e. The van der Waals surface area contributed by atoms with Crippen molar-refractivity contribution >= 4 is 28.7 Å². The zero-order valence-corrected chi connectivity index (χ0v) is 11.9. The molecular weight excluding hydrogens is 256 g/mol. The van der Waals surface area contributed by atoms with Gasteiger partial charge in [0.05, 0.1) is 11.4 Å². The van der Waals surface area contributed by atoms with Crippen molar-refractivity contribution in [2.24, 2.45) is 0 Å². The van der Waals surface area contributed by atoms with Crippen LogP contribution in [0.2, 0.25) is 5.02 Å². The molecule has 0 saturated carbocycles. The summed E-state index contributed by atoms with van der Waals surface area (Å²) in [5.74, 6) is 0. The average molecular weight is 275 g/mol. The summed E-state index contributed by atoms with van der Waals surface area (Å²) in [7, 11) is 0. The van der Waals surface area contributed by atoms with E-state index in [1.807, 2.05) is 30.3 Å². The Morgan fingerprint density at radius 2 is 1.84 bits per heavy atom. The van der Waals surface area contributed by atoms with Crippen molar-refractivity contribution in [3.63, 3.8) is 0 Å². The number of anilines is 3. The van der Waals surface area contributed by atoms with Crippen molar-refractivity contribution in [2.75, 3.05) is 17.2 Å². The van der Waals surface area contributed by atoms with E-state index >= 15 is 0 Å². The Kier molecular flexibility index (Phi) is 4.69. The SMILES string of the molecule is CCCCN(c1ccccc1)c1ccc(Cl)cc1N. The number of hydrogen-bond donors (Lipinski definition) is 1. The van der Waals surface area contributed by atoms with Gasteiger partial charge < -0.3 is 10.6 Å². The van der Waals surface area contributed by atoms with Gasteiger partial charge >= 0.3 is 0 Å². The van der Waals surface area contributed by atoms with E-state index in [2.05, 4.69) is 24.0 Å². The summed E-state index contributed by atoms with van der Waals surface area (Å²) in [5, 5.41) is 0.671. The molecule has 2 aromatic carbocycles. The molecule has 0 bridgehead atoms. The molecule has 19 heavy (non-hydrogen) atoms. The minimum Gasteiger partial charge on any atom is -0.397 e. The maximum atomic E-state index is 6.11. The summed E-state index contributed by atoms with van der Waals surface area (Å²) in [6.07, 6.45) is 2.27. The van der Waals surface area contributed by atoms with E-state index in [0.717, 1.165) is 30.8 Å². The van der Waals surface area contributed by atoms with Crippen LogP contribution in [-0.4, -0.2) is 6.54 Å². The number of nitrogen functional groups attached to an aromatic ring is 1. The lowest BCUT2D eigenvalue weighted by Gasteiger charge is -2.26. The highest BCUT2D eigenvalue weighted by molar-refractivity contribution is 6.31. The third kappa shape index (κ3) is 3.42. The number of unbranched alkanes of at least 4 members (excludes halogenated alkanes) is 1. The third-order valence-corrected chi connectivity index (χ3v) is 3.32. The van der Waals surface area contributed by atoms with Crippen LogP contribution in [0.5, 0.6) is 0 Å². The molecular formula is C16H19ClN2. The van der Waals surface area contributed by atoms with Crippen LogP contribution in [0.3, 0.4) is 0 Å². The van der Waals surface area contributed by atoms with Gasteiger partial charge in [0.15, 0.2) is 0 Å². The molecule has 0 fully saturated rings. The Morgan fingerprint density at radius 3 is 2.47 bits per heavy atom. The second-order valence-electron chi connectivity index (χ2n) is 4.54. The molecule has 2 aromatic rings. The standard InChI is InChI=1S/C16H19ClN2/c1-2-3-11-19(14-7-5-4-6-8-14)16-10-9-13(17)12-15(16)18/h4-10,12H,2-3,11,18H2,1H3. The summed E-state index contributed by atoms with van der Waals surface area (Å²) < 4.78 is 0. The Morgan fingerprint density at radius 1 is 1.11 bits per heavy atom. The smallest absolute Gasteiger partial charge is 0.0645 e. The second kappa shape index (κ2) is 6.48. The van der Waals surface area contributed by atoms with Gasteiger partial charge in [-0.25, -0.2) is 0 Å². The van der Waals surface area contributed by atoms with Crippen LogP contribution in [0, 0.1) is 0 Å². The molecule has 0 heterocycles. The van der Waals surface area contributed by atoms with Crippen molar-refractivity contribution in [3.8, 4) is 0 Å². The molecule has 0 amide bonds. The number of halogens is 1. The fourth-order valence-corrected chi connectivity index (χ4v) is 2.26. The highest BCUT2D eigenvalue weighted by Gasteiger charge is 2.11. The molecule has 2 nitrogen and oxygen atoms in total. The van der Waals surface area contributed by atoms with E-state index < -0.39 is 0 Å². The lowest BCUT2D eigenvalue weighted by atomic mass is 10.2. The van der Waals surface area contributed by atoms with E-state index in [0.29, 0.717) is 10.7 Å². The third-order valence-electron chi connectivity index (χ3n) is 3.08. The highest BCUT2D eigenvalue weighted by atomic mass is 35.5. The lowest BCUT2D eigenvalue weighted by Crippen LogP contribution is -2.19. The number of benzene rings is 2. The number of nitrogens with zero attached hydrogens (tertiary/aromatic N) is 1. The van der Waals surface area contributed by atoms with E-state index in [-0.39, 0.29) is 0 Å². The number of hydrogen-bond acceptors (Lipinski definition) is 2. The minimum atomic E-state index is 0.671. The molecule has 0 aliphatic heterocycles. The number of nitrogens with two attached hydrogens (primary N) is 1. The van der Waals surface area contributed by atoms with E-state index in [9.17, 15) is 0 Å². The number of para-hydroxylation sites is 1. The average Bonchev–Trinajstić information content (AvgIpc) is 2.42. The van der Waals surface area contributed by atoms with Crippen LogP contribution in [0.4, 0.5) is 17.1 Å². The first-order chi connectivity index (χ1) is 9.22. The Hall–Kier alpha value is -1.67. The monoisotopic (exact) mass is 274 g/mol. The van der Waals surface area contributed by atoms with E-state index in [1.165, 1.54) is 0 Å². The maximum absolute atomic E-state index is 6.11. The molecule has 0 spiro atoms. The fourth-order valence-electron chi connectivity index (χ4n) is 2.08. The molecule has 0 radical (unpaired) electrons. The van der Waals surface area contributed by atoms with Gasteiger partial charge in [-0.2, -0.15) is 0 Å². The lowest BCUT2D eigenvalue weighted by molar-refractivity contribution is 0.786. The molecule has 0 aliphatic carbocycles. The van der Waals surface area contributed by atoms with Crippen molar-refractivity contribution in [1.29, 1.82) is 0 Å². The summed E-state index contributed by atoms with van der Waals surface area (Å²) >= 11 is 5.97. The molecule has 0 unspecified atom stereocenters. The van der Waals surface area contributed by atoms with Crippen LogP contribution in [0.15, 0.2) is 48.5 Å². The van der Waals surface area contributed by atoms with Crippen LogP contribution < -0.4 is 10.6 Å². The first kappa shape index (κ1) is 13.8. The Labute approximate surface area is 119 Å². The molecule has 0 saturated heterocycles. The summed E-state index contributed by atoms with van der Waals surface area (Å²) in [4.78, 5) is 2.25. The summed E-state index contributed by atoms with van der Waals surface area (Å²) in [6, 6.07) is 16.0. The molecule has 0 atom stereocenters. The number of rotatable bonds is 5. The maximum Gasteiger partial charge on any atom is 0.0645 e. The molecule has 100 valence electrons. The first-order valence-corrected chi connectivity index (χ1v) is 6.97. The predicted octanol–water partition coefficient (Wildman–Crippen LogP) is 4.86. The second-order valence-corrected chi connectivity index (χ2v) is 4.98. The summed E-state index contributed by atoms with van der Waals surface area (Å²) in [6.45, 7) is 3.14. The van der Waals surface area contributed by atoms with Gasteiger partial charge in [0.2, 0.25) is 0 Å². The van der Waals surface area contributed by atoms with Gasteiger partial charge in [-0.1, -0.05) is 43.1 Å². The van der Waals surface area contributed by atoms with Crippen LogP contribution in [0.1, 0.15) is 19.8 Å². The summed E-state index contributed by atoms with van der Waals surface area (Å²) in [5.41, 5.74) is 9.00. The normalized spacial score (nSPS) is 10.4. The molecule has 0 aromatic heterocycles. The quantitative estimate of drug-likeness (QED) is 0.789. The first-order valence-electron chi connectivity index (χ1n) is 6.60. The van der Waals surface area contributed by atoms with Gasteiger partial charge in [-0.3, -0.25) is 0 Å². The molecule has 2 rings (SSSR count). The van der Waals surface area contributed by atoms with Crippen LogP contribution in [-0.2, 0) is 0 Å². The molecule has 2 N–H and O–H groups in total. The zero-order chi connectivity index (χ0) is 13.7. The molecule has 3 heteroatoms. The zero-order valence-electron chi connectivity index (χ0n) is 11.1. The minimum absolute atomic E-state index is 0.671. The van der Waals surface area contributed by atoms with Crippen LogP contribution >= 0.6 is 11.6 Å². The van der Waals surface area contributed by atoms with Gasteiger partial charge in [0, 0.05) is 17.3 Å². The van der Waals surface area contributed by atoms with Gasteiger partial charge in [-0.15, -0.1) is 0 Å². The Bertz CT molecular complexity index is 526. The van der Waals surface area contributed by atoms with Crippen LogP contribution in [0.25, 0.3) is 0 Å². The van der Waals surface area contributed by atoms with Gasteiger partial charge in [0.1, 0.15) is 0 Å².